The number of primary amides is 1. The zero-order chi connectivity index (χ0) is 13.7. The van der Waals surface area contributed by atoms with Crippen molar-refractivity contribution in [1.29, 1.82) is 0 Å². The van der Waals surface area contributed by atoms with Gasteiger partial charge >= 0.3 is 5.97 Å². The summed E-state index contributed by atoms with van der Waals surface area (Å²) in [5, 5.41) is 11.2. The first-order valence-electron chi connectivity index (χ1n) is 5.28. The quantitative estimate of drug-likeness (QED) is 0.661. The van der Waals surface area contributed by atoms with Crippen molar-refractivity contribution >= 4 is 17.8 Å². The lowest BCUT2D eigenvalue weighted by Gasteiger charge is -2.12. The van der Waals surface area contributed by atoms with Gasteiger partial charge in [-0.05, 0) is 19.4 Å². The van der Waals surface area contributed by atoms with Crippen LogP contribution in [0.2, 0.25) is 0 Å². The van der Waals surface area contributed by atoms with Crippen molar-refractivity contribution in [3.8, 4) is 0 Å². The van der Waals surface area contributed by atoms with Crippen LogP contribution in [0, 0.1) is 6.92 Å². The molecule has 18 heavy (non-hydrogen) atoms. The number of amides is 2. The van der Waals surface area contributed by atoms with E-state index >= 15 is 0 Å². The maximum Gasteiger partial charge on any atom is 0.326 e. The molecule has 0 aliphatic rings. The Kier molecular flexibility index (Phi) is 4.47. The van der Waals surface area contributed by atoms with Crippen molar-refractivity contribution in [2.24, 2.45) is 5.73 Å². The molecule has 1 heterocycles. The summed E-state index contributed by atoms with van der Waals surface area (Å²) in [4.78, 5) is 33.2. The molecule has 1 atom stereocenters. The average molecular weight is 254 g/mol. The predicted octanol–water partition coefficient (Wildman–Crippen LogP) is 0.0365. The Labute approximate surface area is 103 Å². The van der Waals surface area contributed by atoms with Crippen LogP contribution >= 0.6 is 0 Å². The summed E-state index contributed by atoms with van der Waals surface area (Å²) in [5.74, 6) is -2.42. The van der Waals surface area contributed by atoms with Gasteiger partial charge in [0.15, 0.2) is 5.76 Å². The Hall–Kier alpha value is -2.31. The minimum absolute atomic E-state index is 0.0559. The first-order valence-corrected chi connectivity index (χ1v) is 5.28. The van der Waals surface area contributed by atoms with Gasteiger partial charge < -0.3 is 20.6 Å². The third-order valence-electron chi connectivity index (χ3n) is 2.35. The van der Waals surface area contributed by atoms with Crippen molar-refractivity contribution in [2.45, 2.75) is 25.8 Å². The summed E-state index contributed by atoms with van der Waals surface area (Å²) in [7, 11) is 0. The Morgan fingerprint density at radius 3 is 2.61 bits per heavy atom. The van der Waals surface area contributed by atoms with E-state index < -0.39 is 23.8 Å². The number of carboxylic acids is 1. The number of nitrogens with one attached hydrogen (secondary N) is 1. The predicted molar refractivity (Wildman–Crippen MR) is 60.8 cm³/mol. The van der Waals surface area contributed by atoms with E-state index in [1.54, 1.807) is 13.0 Å². The summed E-state index contributed by atoms with van der Waals surface area (Å²) < 4.78 is 4.94. The lowest BCUT2D eigenvalue weighted by atomic mass is 10.1. The van der Waals surface area contributed by atoms with Crippen LogP contribution in [0.15, 0.2) is 16.7 Å². The number of furan rings is 1. The van der Waals surface area contributed by atoms with E-state index in [1.165, 1.54) is 6.26 Å². The van der Waals surface area contributed by atoms with Gasteiger partial charge in [0, 0.05) is 12.0 Å². The number of aliphatic carboxylic acids is 1. The van der Waals surface area contributed by atoms with Gasteiger partial charge in [0.1, 0.15) is 6.04 Å². The van der Waals surface area contributed by atoms with E-state index in [2.05, 4.69) is 5.32 Å². The van der Waals surface area contributed by atoms with Crippen LogP contribution in [-0.4, -0.2) is 28.9 Å². The highest BCUT2D eigenvalue weighted by Gasteiger charge is 2.23. The van der Waals surface area contributed by atoms with E-state index in [9.17, 15) is 14.4 Å². The molecule has 0 unspecified atom stereocenters. The number of carbonyl (C=O) groups is 3. The number of aryl methyl sites for hydroxylation is 1. The molecule has 0 fully saturated rings. The molecule has 1 aromatic rings. The number of hydrogen-bond donors (Lipinski definition) is 3. The second kappa shape index (κ2) is 5.85. The molecule has 0 aliphatic carbocycles. The van der Waals surface area contributed by atoms with Crippen LogP contribution in [0.25, 0.3) is 0 Å². The molecule has 1 rings (SSSR count). The first kappa shape index (κ1) is 13.8. The van der Waals surface area contributed by atoms with Gasteiger partial charge in [0.05, 0.1) is 6.26 Å². The fraction of sp³-hybridized carbons (Fsp3) is 0.364. The summed E-state index contributed by atoms with van der Waals surface area (Å²) in [5.41, 5.74) is 5.53. The molecule has 0 saturated heterocycles. The maximum atomic E-state index is 11.7. The van der Waals surface area contributed by atoms with Crippen molar-refractivity contribution < 1.29 is 23.9 Å². The zero-order valence-corrected chi connectivity index (χ0v) is 9.80. The highest BCUT2D eigenvalue weighted by molar-refractivity contribution is 5.95. The summed E-state index contributed by atoms with van der Waals surface area (Å²) in [6.07, 6.45) is 1.16. The molecule has 98 valence electrons. The topological polar surface area (TPSA) is 123 Å². The van der Waals surface area contributed by atoms with Crippen molar-refractivity contribution in [1.82, 2.24) is 5.32 Å². The van der Waals surface area contributed by atoms with Crippen LogP contribution in [0.1, 0.15) is 29.0 Å². The van der Waals surface area contributed by atoms with Crippen molar-refractivity contribution in [3.05, 3.63) is 23.7 Å². The minimum Gasteiger partial charge on any atom is -0.480 e. The van der Waals surface area contributed by atoms with Gasteiger partial charge in [-0.25, -0.2) is 4.79 Å². The molecule has 2 amide bonds. The third-order valence-corrected chi connectivity index (χ3v) is 2.35. The normalized spacial score (nSPS) is 11.8. The second-order valence-electron chi connectivity index (χ2n) is 3.80. The highest BCUT2D eigenvalue weighted by Crippen LogP contribution is 2.09. The monoisotopic (exact) mass is 254 g/mol. The van der Waals surface area contributed by atoms with Gasteiger partial charge in [-0.15, -0.1) is 0 Å². The summed E-state index contributed by atoms with van der Waals surface area (Å²) in [6.45, 7) is 1.66. The minimum atomic E-state index is -1.23. The van der Waals surface area contributed by atoms with E-state index in [4.69, 9.17) is 15.3 Å². The summed E-state index contributed by atoms with van der Waals surface area (Å²) in [6, 6.07) is 0.420. The lowest BCUT2D eigenvalue weighted by Crippen LogP contribution is -2.41. The van der Waals surface area contributed by atoms with Crippen LogP contribution in [0.5, 0.6) is 0 Å². The van der Waals surface area contributed by atoms with E-state index in [0.717, 1.165) is 0 Å². The molecule has 7 heteroatoms. The van der Waals surface area contributed by atoms with Crippen LogP contribution < -0.4 is 11.1 Å². The molecule has 0 saturated carbocycles. The third kappa shape index (κ3) is 3.62. The smallest absolute Gasteiger partial charge is 0.326 e. The molecule has 0 bridgehead atoms. The molecule has 0 aromatic carbocycles. The van der Waals surface area contributed by atoms with E-state index in [0.29, 0.717) is 5.56 Å². The molecule has 1 aromatic heterocycles. The van der Waals surface area contributed by atoms with Crippen molar-refractivity contribution in [3.63, 3.8) is 0 Å². The van der Waals surface area contributed by atoms with Gasteiger partial charge in [-0.1, -0.05) is 0 Å². The largest absolute Gasteiger partial charge is 0.480 e. The Morgan fingerprint density at radius 1 is 1.50 bits per heavy atom. The van der Waals surface area contributed by atoms with Gasteiger partial charge in [0.2, 0.25) is 5.91 Å². The fourth-order valence-electron chi connectivity index (χ4n) is 1.37. The number of carboxylic acid groups (broad SMARTS) is 1. The van der Waals surface area contributed by atoms with Gasteiger partial charge in [0.25, 0.3) is 5.91 Å². The average Bonchev–Trinajstić information content (AvgIpc) is 2.69. The number of carbonyl (C=O) groups excluding carboxylic acids is 2. The molecular weight excluding hydrogens is 240 g/mol. The Morgan fingerprint density at radius 2 is 2.17 bits per heavy atom. The Balaban J connectivity index is 2.67. The van der Waals surface area contributed by atoms with E-state index in [-0.39, 0.29) is 18.6 Å². The van der Waals surface area contributed by atoms with Crippen LogP contribution in [0.4, 0.5) is 0 Å². The summed E-state index contributed by atoms with van der Waals surface area (Å²) >= 11 is 0. The second-order valence-corrected chi connectivity index (χ2v) is 3.80. The molecule has 0 aliphatic heterocycles. The SMILES string of the molecule is Cc1ccoc1C(=O)N[C@@H](CCC(N)=O)C(=O)O. The zero-order valence-electron chi connectivity index (χ0n) is 9.80. The number of hydrogen-bond acceptors (Lipinski definition) is 4. The lowest BCUT2D eigenvalue weighted by molar-refractivity contribution is -0.139. The number of rotatable bonds is 6. The highest BCUT2D eigenvalue weighted by atomic mass is 16.4. The first-order chi connectivity index (χ1) is 8.41. The van der Waals surface area contributed by atoms with Gasteiger partial charge in [-0.2, -0.15) is 0 Å². The van der Waals surface area contributed by atoms with E-state index in [1.807, 2.05) is 0 Å². The Bertz CT molecular complexity index is 466. The molecule has 4 N–H and O–H groups in total. The number of nitrogens with two attached hydrogens (primary N) is 1. The van der Waals surface area contributed by atoms with Gasteiger partial charge in [-0.3, -0.25) is 9.59 Å². The molecule has 0 spiro atoms. The van der Waals surface area contributed by atoms with Crippen LogP contribution in [-0.2, 0) is 9.59 Å². The molecular formula is C11H14N2O5. The van der Waals surface area contributed by atoms with Crippen LogP contribution in [0.3, 0.4) is 0 Å². The fourth-order valence-corrected chi connectivity index (χ4v) is 1.37. The maximum absolute atomic E-state index is 11.7. The molecule has 0 radical (unpaired) electrons. The standard InChI is InChI=1S/C11H14N2O5/c1-6-4-5-18-9(6)10(15)13-7(11(16)17)2-3-8(12)14/h4-5,7H,2-3H2,1H3,(H2,12,14)(H,13,15)(H,16,17)/t7-/m0/s1. The van der Waals surface area contributed by atoms with Crippen molar-refractivity contribution in [2.75, 3.05) is 0 Å². The molecule has 7 nitrogen and oxygen atoms in total.